The number of hydrogen-bond donors (Lipinski definition) is 1. The molecule has 2 heterocycles. The maximum Gasteiger partial charge on any atom is 0.241 e. The van der Waals surface area contributed by atoms with E-state index in [0.717, 1.165) is 43.6 Å². The largest absolute Gasteiger partial charge is 0.358 e. The fraction of sp³-hybridized carbons (Fsp3) is 0.429. The number of carbonyl (C=O) groups excluding carboxylic acids is 1. The molecule has 1 aliphatic heterocycles. The third kappa shape index (κ3) is 4.60. The van der Waals surface area contributed by atoms with E-state index in [2.05, 4.69) is 72.9 Å². The zero-order chi connectivity index (χ0) is 23.5. The average molecular weight is 445 g/mol. The zero-order valence-electron chi connectivity index (χ0n) is 20.6. The van der Waals surface area contributed by atoms with Crippen molar-refractivity contribution in [1.82, 2.24) is 20.0 Å². The van der Waals surface area contributed by atoms with E-state index in [0.29, 0.717) is 0 Å². The highest BCUT2D eigenvalue weighted by molar-refractivity contribution is 5.83. The number of aryl methyl sites for hydroxylation is 5. The number of likely N-dealkylation sites (N-methyl/N-ethyl adjacent to an activating group) is 1. The van der Waals surface area contributed by atoms with E-state index >= 15 is 0 Å². The first-order chi connectivity index (χ1) is 15.9. The summed E-state index contributed by atoms with van der Waals surface area (Å²) >= 11 is 0. The Morgan fingerprint density at radius 1 is 1.12 bits per heavy atom. The van der Waals surface area contributed by atoms with Gasteiger partial charge < -0.3 is 5.32 Å². The number of nitrogens with one attached hydrogen (secondary N) is 1. The van der Waals surface area contributed by atoms with E-state index in [-0.39, 0.29) is 18.0 Å². The predicted molar refractivity (Wildman–Crippen MR) is 133 cm³/mol. The maximum absolute atomic E-state index is 13.2. The normalized spacial score (nSPS) is 16.9. The van der Waals surface area contributed by atoms with Crippen LogP contribution in [-0.4, -0.2) is 34.2 Å². The second-order valence-corrected chi connectivity index (χ2v) is 9.15. The van der Waals surface area contributed by atoms with Crippen LogP contribution in [0.5, 0.6) is 0 Å². The molecule has 5 nitrogen and oxygen atoms in total. The van der Waals surface area contributed by atoms with E-state index < -0.39 is 0 Å². The number of benzene rings is 2. The molecule has 2 aromatic carbocycles. The van der Waals surface area contributed by atoms with Crippen LogP contribution in [0.25, 0.3) is 0 Å². The molecule has 0 aliphatic carbocycles. The molecule has 1 amide bonds. The molecule has 1 aliphatic rings. The summed E-state index contributed by atoms with van der Waals surface area (Å²) in [6.07, 6.45) is 2.82. The highest BCUT2D eigenvalue weighted by Crippen LogP contribution is 2.40. The predicted octanol–water partition coefficient (Wildman–Crippen LogP) is 4.85. The number of aromatic nitrogens is 2. The van der Waals surface area contributed by atoms with Gasteiger partial charge in [0.15, 0.2) is 0 Å². The Morgan fingerprint density at radius 3 is 2.55 bits per heavy atom. The Balaban J connectivity index is 1.74. The summed E-state index contributed by atoms with van der Waals surface area (Å²) in [7, 11) is 1.73. The van der Waals surface area contributed by atoms with Crippen LogP contribution in [0.15, 0.2) is 48.5 Å². The average Bonchev–Trinajstić information content (AvgIpc) is 3.16. The van der Waals surface area contributed by atoms with Crippen molar-refractivity contribution in [3.05, 3.63) is 87.7 Å². The third-order valence-corrected chi connectivity index (χ3v) is 7.14. The van der Waals surface area contributed by atoms with Gasteiger partial charge in [-0.05, 0) is 62.8 Å². The second kappa shape index (κ2) is 9.92. The van der Waals surface area contributed by atoms with Crippen molar-refractivity contribution < 1.29 is 4.79 Å². The molecule has 4 rings (SSSR count). The van der Waals surface area contributed by atoms with Crippen molar-refractivity contribution in [2.75, 3.05) is 13.6 Å². The molecule has 0 saturated carbocycles. The van der Waals surface area contributed by atoms with Crippen LogP contribution in [0.2, 0.25) is 0 Å². The van der Waals surface area contributed by atoms with Gasteiger partial charge in [0, 0.05) is 43.9 Å². The topological polar surface area (TPSA) is 50.2 Å². The number of rotatable bonds is 7. The van der Waals surface area contributed by atoms with Crippen LogP contribution in [0.1, 0.15) is 64.6 Å². The van der Waals surface area contributed by atoms with E-state index in [9.17, 15) is 4.79 Å². The van der Waals surface area contributed by atoms with Gasteiger partial charge in [0.25, 0.3) is 0 Å². The summed E-state index contributed by atoms with van der Waals surface area (Å²) in [5.41, 5.74) is 8.78. The SMILES string of the molecule is CCn1nc(C)c2c1CCN([C@@H](C(=O)NC)c1ccccc1)[C@H]2CCc1ccc(C)c(C)c1. The molecular formula is C28H36N4O. The third-order valence-electron chi connectivity index (χ3n) is 7.14. The molecule has 0 unspecified atom stereocenters. The first kappa shape index (κ1) is 23.2. The number of nitrogens with zero attached hydrogens (tertiary/aromatic N) is 3. The molecule has 0 fully saturated rings. The fourth-order valence-corrected chi connectivity index (χ4v) is 5.31. The van der Waals surface area contributed by atoms with Crippen LogP contribution in [-0.2, 0) is 24.2 Å². The molecule has 3 aromatic rings. The minimum Gasteiger partial charge on any atom is -0.358 e. The summed E-state index contributed by atoms with van der Waals surface area (Å²) in [5.74, 6) is 0.0429. The van der Waals surface area contributed by atoms with Crippen molar-refractivity contribution in [3.8, 4) is 0 Å². The summed E-state index contributed by atoms with van der Waals surface area (Å²) in [4.78, 5) is 15.6. The molecule has 33 heavy (non-hydrogen) atoms. The smallest absolute Gasteiger partial charge is 0.241 e. The first-order valence-corrected chi connectivity index (χ1v) is 12.1. The number of amides is 1. The lowest BCUT2D eigenvalue weighted by atomic mass is 9.88. The van der Waals surface area contributed by atoms with Gasteiger partial charge in [-0.15, -0.1) is 0 Å². The highest BCUT2D eigenvalue weighted by Gasteiger charge is 2.38. The second-order valence-electron chi connectivity index (χ2n) is 9.15. The monoisotopic (exact) mass is 444 g/mol. The van der Waals surface area contributed by atoms with Crippen molar-refractivity contribution in [2.24, 2.45) is 0 Å². The summed E-state index contributed by atoms with van der Waals surface area (Å²) < 4.78 is 2.16. The van der Waals surface area contributed by atoms with E-state index in [1.165, 1.54) is 27.9 Å². The maximum atomic E-state index is 13.2. The first-order valence-electron chi connectivity index (χ1n) is 12.1. The van der Waals surface area contributed by atoms with Gasteiger partial charge >= 0.3 is 0 Å². The molecule has 1 aromatic heterocycles. The lowest BCUT2D eigenvalue weighted by molar-refractivity contribution is -0.127. The van der Waals surface area contributed by atoms with Crippen LogP contribution < -0.4 is 5.32 Å². The van der Waals surface area contributed by atoms with Gasteiger partial charge in [0.2, 0.25) is 5.91 Å². The highest BCUT2D eigenvalue weighted by atomic mass is 16.2. The summed E-state index contributed by atoms with van der Waals surface area (Å²) in [5, 5.41) is 7.79. The van der Waals surface area contributed by atoms with E-state index in [1.54, 1.807) is 7.05 Å². The number of hydrogen-bond acceptors (Lipinski definition) is 3. The van der Waals surface area contributed by atoms with Gasteiger partial charge in [-0.25, -0.2) is 0 Å². The van der Waals surface area contributed by atoms with Crippen LogP contribution in [0.4, 0.5) is 0 Å². The zero-order valence-corrected chi connectivity index (χ0v) is 20.6. The quantitative estimate of drug-likeness (QED) is 0.567. The van der Waals surface area contributed by atoms with Crippen LogP contribution in [0.3, 0.4) is 0 Å². The van der Waals surface area contributed by atoms with Gasteiger partial charge in [-0.3, -0.25) is 14.4 Å². The van der Waals surface area contributed by atoms with Crippen molar-refractivity contribution in [1.29, 1.82) is 0 Å². The van der Waals surface area contributed by atoms with Crippen molar-refractivity contribution >= 4 is 5.91 Å². The molecule has 5 heteroatoms. The molecule has 0 bridgehead atoms. The Morgan fingerprint density at radius 2 is 1.88 bits per heavy atom. The minimum atomic E-state index is -0.321. The molecule has 0 saturated heterocycles. The minimum absolute atomic E-state index is 0.0429. The standard InChI is InChI=1S/C28H36N4O/c1-6-32-25-16-17-31(27(28(33)29-5)23-10-8-7-9-11-23)24(26(25)21(4)30-32)15-14-22-13-12-19(2)20(3)18-22/h7-13,18,24,27H,6,14-17H2,1-5H3,(H,29,33)/t24-,27+/m0/s1. The Kier molecular flexibility index (Phi) is 6.99. The Bertz CT molecular complexity index is 1120. The van der Waals surface area contributed by atoms with Crippen LogP contribution >= 0.6 is 0 Å². The van der Waals surface area contributed by atoms with Gasteiger partial charge in [0.05, 0.1) is 5.69 Å². The van der Waals surface area contributed by atoms with Crippen molar-refractivity contribution in [3.63, 3.8) is 0 Å². The molecule has 0 spiro atoms. The summed E-state index contributed by atoms with van der Waals surface area (Å²) in [6, 6.07) is 16.8. The lowest BCUT2D eigenvalue weighted by Gasteiger charge is -2.41. The fourth-order valence-electron chi connectivity index (χ4n) is 5.31. The molecule has 2 atom stereocenters. The number of carbonyl (C=O) groups is 1. The van der Waals surface area contributed by atoms with Crippen LogP contribution in [0, 0.1) is 20.8 Å². The van der Waals surface area contributed by atoms with Gasteiger partial charge in [-0.1, -0.05) is 48.5 Å². The van der Waals surface area contributed by atoms with E-state index in [1.807, 2.05) is 18.2 Å². The Labute approximate surface area is 197 Å². The molecule has 174 valence electrons. The molecule has 0 radical (unpaired) electrons. The van der Waals surface area contributed by atoms with Gasteiger partial charge in [0.1, 0.15) is 6.04 Å². The van der Waals surface area contributed by atoms with Gasteiger partial charge in [-0.2, -0.15) is 5.10 Å². The van der Waals surface area contributed by atoms with E-state index in [4.69, 9.17) is 5.10 Å². The molecule has 1 N–H and O–H groups in total. The number of fused-ring (bicyclic) bond motifs is 1. The lowest BCUT2D eigenvalue weighted by Crippen LogP contribution is -2.45. The molecular weight excluding hydrogens is 408 g/mol. The Hall–Kier alpha value is -2.92. The van der Waals surface area contributed by atoms with Crippen molar-refractivity contribution in [2.45, 2.75) is 65.6 Å². The summed E-state index contributed by atoms with van der Waals surface area (Å²) in [6.45, 7) is 10.3.